The first kappa shape index (κ1) is 20.8. The molecular formula is C22H27FN3O3+. The lowest BCUT2D eigenvalue weighted by Gasteiger charge is -2.31. The number of quaternary nitrogens is 1. The Bertz CT molecular complexity index is 879. The summed E-state index contributed by atoms with van der Waals surface area (Å²) < 4.78 is 18.9. The maximum atomic E-state index is 13.2. The molecule has 1 heterocycles. The van der Waals surface area contributed by atoms with Crippen LogP contribution in [-0.2, 0) is 9.59 Å². The zero-order valence-corrected chi connectivity index (χ0v) is 16.8. The normalized spacial score (nSPS) is 14.5. The molecule has 2 amide bonds. The van der Waals surface area contributed by atoms with E-state index in [9.17, 15) is 14.0 Å². The number of nitrogens with zero attached hydrogens (tertiary/aromatic N) is 1. The summed E-state index contributed by atoms with van der Waals surface area (Å²) in [6, 6.07) is 11.6. The lowest BCUT2D eigenvalue weighted by Crippen LogP contribution is -3.15. The number of benzene rings is 2. The quantitative estimate of drug-likeness (QED) is 0.766. The average molecular weight is 400 g/mol. The number of ether oxygens (including phenoxy) is 1. The van der Waals surface area contributed by atoms with E-state index >= 15 is 0 Å². The Labute approximate surface area is 170 Å². The molecule has 0 spiro atoms. The predicted octanol–water partition coefficient (Wildman–Crippen LogP) is 1.19. The number of nitrogens with one attached hydrogen (secondary N) is 2. The zero-order chi connectivity index (χ0) is 20.8. The molecule has 0 bridgehead atoms. The molecule has 2 N–H and O–H groups in total. The van der Waals surface area contributed by atoms with Crippen LogP contribution >= 0.6 is 0 Å². The van der Waals surface area contributed by atoms with Crippen molar-refractivity contribution in [3.63, 3.8) is 0 Å². The van der Waals surface area contributed by atoms with Crippen LogP contribution in [0.1, 0.15) is 11.1 Å². The molecule has 7 heteroatoms. The highest BCUT2D eigenvalue weighted by Crippen LogP contribution is 2.20. The molecule has 0 radical (unpaired) electrons. The maximum Gasteiger partial charge on any atom is 0.279 e. The topological polar surface area (TPSA) is 63.1 Å². The number of halogens is 1. The Morgan fingerprint density at radius 3 is 2.59 bits per heavy atom. The van der Waals surface area contributed by atoms with E-state index in [-0.39, 0.29) is 30.8 Å². The molecule has 1 saturated heterocycles. The summed E-state index contributed by atoms with van der Waals surface area (Å²) in [6.45, 7) is 6.83. The van der Waals surface area contributed by atoms with Crippen molar-refractivity contribution in [1.82, 2.24) is 4.90 Å². The zero-order valence-electron chi connectivity index (χ0n) is 16.8. The first-order valence-corrected chi connectivity index (χ1v) is 9.78. The molecular weight excluding hydrogens is 373 g/mol. The first-order valence-electron chi connectivity index (χ1n) is 9.78. The Morgan fingerprint density at radius 2 is 1.86 bits per heavy atom. The van der Waals surface area contributed by atoms with Gasteiger partial charge < -0.3 is 19.9 Å². The van der Waals surface area contributed by atoms with E-state index in [1.165, 1.54) is 12.1 Å². The maximum absolute atomic E-state index is 13.2. The summed E-state index contributed by atoms with van der Waals surface area (Å²) in [5.41, 5.74) is 2.62. The van der Waals surface area contributed by atoms with Crippen molar-refractivity contribution < 1.29 is 23.6 Å². The largest absolute Gasteiger partial charge is 0.483 e. The SMILES string of the molecule is Cc1cccc(OCC(=O)N2CC[NH+](CC(=O)Nc3cccc(F)c3)CC2)c1C. The molecule has 2 aromatic carbocycles. The molecule has 0 unspecified atom stereocenters. The monoisotopic (exact) mass is 400 g/mol. The van der Waals surface area contributed by atoms with E-state index in [1.807, 2.05) is 32.0 Å². The number of hydrogen-bond acceptors (Lipinski definition) is 3. The van der Waals surface area contributed by atoms with Crippen molar-refractivity contribution in [2.45, 2.75) is 13.8 Å². The van der Waals surface area contributed by atoms with Gasteiger partial charge in [0, 0.05) is 5.69 Å². The van der Waals surface area contributed by atoms with Gasteiger partial charge >= 0.3 is 0 Å². The molecule has 1 fully saturated rings. The highest BCUT2D eigenvalue weighted by Gasteiger charge is 2.25. The van der Waals surface area contributed by atoms with E-state index < -0.39 is 0 Å². The molecule has 0 aliphatic carbocycles. The number of aryl methyl sites for hydroxylation is 1. The molecule has 0 atom stereocenters. The first-order chi connectivity index (χ1) is 13.9. The smallest absolute Gasteiger partial charge is 0.279 e. The lowest BCUT2D eigenvalue weighted by atomic mass is 10.1. The second-order valence-corrected chi connectivity index (χ2v) is 7.35. The van der Waals surface area contributed by atoms with E-state index in [4.69, 9.17) is 4.74 Å². The molecule has 154 valence electrons. The second kappa shape index (κ2) is 9.52. The van der Waals surface area contributed by atoms with Crippen LogP contribution in [0.5, 0.6) is 5.75 Å². The van der Waals surface area contributed by atoms with E-state index in [2.05, 4.69) is 5.32 Å². The summed E-state index contributed by atoms with van der Waals surface area (Å²) in [5.74, 6) is 0.139. The molecule has 1 aliphatic rings. The van der Waals surface area contributed by atoms with Gasteiger partial charge in [-0.05, 0) is 49.2 Å². The van der Waals surface area contributed by atoms with Crippen LogP contribution in [0.4, 0.5) is 10.1 Å². The Kier molecular flexibility index (Phi) is 6.82. The second-order valence-electron chi connectivity index (χ2n) is 7.35. The Morgan fingerprint density at radius 1 is 1.14 bits per heavy atom. The lowest BCUT2D eigenvalue weighted by molar-refractivity contribution is -0.895. The minimum absolute atomic E-state index is 0.0136. The number of carbonyl (C=O) groups is 2. The fourth-order valence-electron chi connectivity index (χ4n) is 3.36. The van der Waals surface area contributed by atoms with Gasteiger partial charge in [-0.15, -0.1) is 0 Å². The van der Waals surface area contributed by atoms with Gasteiger partial charge in [-0.3, -0.25) is 9.59 Å². The van der Waals surface area contributed by atoms with Crippen molar-refractivity contribution >= 4 is 17.5 Å². The summed E-state index contributed by atoms with van der Waals surface area (Å²) >= 11 is 0. The van der Waals surface area contributed by atoms with Gasteiger partial charge in [-0.25, -0.2) is 4.39 Å². The molecule has 1 aliphatic heterocycles. The van der Waals surface area contributed by atoms with E-state index in [0.29, 0.717) is 31.9 Å². The van der Waals surface area contributed by atoms with Gasteiger partial charge in [0.2, 0.25) is 0 Å². The third-order valence-electron chi connectivity index (χ3n) is 5.25. The number of piperazine rings is 1. The minimum Gasteiger partial charge on any atom is -0.483 e. The highest BCUT2D eigenvalue weighted by molar-refractivity contribution is 5.91. The van der Waals surface area contributed by atoms with Crippen molar-refractivity contribution in [2.75, 3.05) is 44.6 Å². The van der Waals surface area contributed by atoms with Crippen molar-refractivity contribution in [3.05, 3.63) is 59.4 Å². The molecule has 29 heavy (non-hydrogen) atoms. The molecule has 2 aromatic rings. The summed E-state index contributed by atoms with van der Waals surface area (Å²) in [4.78, 5) is 27.5. The van der Waals surface area contributed by atoms with Gasteiger partial charge in [-0.2, -0.15) is 0 Å². The number of carbonyl (C=O) groups excluding carboxylic acids is 2. The Balaban J connectivity index is 1.42. The standard InChI is InChI=1S/C22H26FN3O3/c1-16-5-3-8-20(17(16)2)29-15-22(28)26-11-9-25(10-12-26)14-21(27)24-19-7-4-6-18(23)13-19/h3-8,13H,9-12,14-15H2,1-2H3,(H,24,27)/p+1. The fraction of sp³-hybridized carbons (Fsp3) is 0.364. The molecule has 0 aromatic heterocycles. The van der Waals surface area contributed by atoms with Gasteiger partial charge in [0.25, 0.3) is 11.8 Å². The van der Waals surface area contributed by atoms with Crippen molar-refractivity contribution in [1.29, 1.82) is 0 Å². The summed E-state index contributed by atoms with van der Waals surface area (Å²) in [7, 11) is 0. The number of anilines is 1. The van der Waals surface area contributed by atoms with Gasteiger partial charge in [0.15, 0.2) is 13.2 Å². The minimum atomic E-state index is -0.384. The van der Waals surface area contributed by atoms with Crippen LogP contribution in [0.3, 0.4) is 0 Å². The van der Waals surface area contributed by atoms with Gasteiger partial charge in [-0.1, -0.05) is 18.2 Å². The van der Waals surface area contributed by atoms with Crippen LogP contribution in [0.25, 0.3) is 0 Å². The fourth-order valence-corrected chi connectivity index (χ4v) is 3.36. The molecule has 3 rings (SSSR count). The summed E-state index contributed by atoms with van der Waals surface area (Å²) in [5, 5.41) is 2.71. The van der Waals surface area contributed by atoms with Crippen LogP contribution in [0.2, 0.25) is 0 Å². The predicted molar refractivity (Wildman–Crippen MR) is 109 cm³/mol. The van der Waals surface area contributed by atoms with Crippen LogP contribution < -0.4 is 15.0 Å². The summed E-state index contributed by atoms with van der Waals surface area (Å²) in [6.07, 6.45) is 0. The van der Waals surface area contributed by atoms with E-state index in [1.54, 1.807) is 17.0 Å². The number of hydrogen-bond donors (Lipinski definition) is 2. The van der Waals surface area contributed by atoms with Crippen LogP contribution in [0, 0.1) is 19.7 Å². The van der Waals surface area contributed by atoms with Crippen LogP contribution in [0.15, 0.2) is 42.5 Å². The average Bonchev–Trinajstić information content (AvgIpc) is 2.69. The highest BCUT2D eigenvalue weighted by atomic mass is 19.1. The van der Waals surface area contributed by atoms with Gasteiger partial charge in [0.1, 0.15) is 11.6 Å². The molecule has 0 saturated carbocycles. The third kappa shape index (κ3) is 5.77. The number of rotatable bonds is 6. The Hall–Kier alpha value is -2.93. The van der Waals surface area contributed by atoms with E-state index in [0.717, 1.165) is 21.8 Å². The van der Waals surface area contributed by atoms with Gasteiger partial charge in [0.05, 0.1) is 26.2 Å². The van der Waals surface area contributed by atoms with Crippen molar-refractivity contribution in [3.8, 4) is 5.75 Å². The molecule has 6 nitrogen and oxygen atoms in total. The van der Waals surface area contributed by atoms with Crippen LogP contribution in [-0.4, -0.2) is 56.0 Å². The van der Waals surface area contributed by atoms with Crippen molar-refractivity contribution in [2.24, 2.45) is 0 Å². The number of amides is 2. The third-order valence-corrected chi connectivity index (χ3v) is 5.25.